The number of methoxy groups -OCH3 is 1. The van der Waals surface area contributed by atoms with E-state index in [0.717, 1.165) is 34.4 Å². The normalized spacial score (nSPS) is 12.0. The van der Waals surface area contributed by atoms with Gasteiger partial charge in [0.1, 0.15) is 11.8 Å². The van der Waals surface area contributed by atoms with E-state index >= 15 is 0 Å². The molecule has 0 spiro atoms. The van der Waals surface area contributed by atoms with Crippen molar-refractivity contribution in [1.82, 2.24) is 15.5 Å². The molecule has 1 amide bonds. The van der Waals surface area contributed by atoms with Gasteiger partial charge in [-0.1, -0.05) is 77.6 Å². The van der Waals surface area contributed by atoms with Crippen LogP contribution in [0.2, 0.25) is 0 Å². The van der Waals surface area contributed by atoms with E-state index in [9.17, 15) is 9.59 Å². The lowest BCUT2D eigenvalue weighted by molar-refractivity contribution is -0.142. The van der Waals surface area contributed by atoms with Crippen LogP contribution in [-0.2, 0) is 21.4 Å². The van der Waals surface area contributed by atoms with Crippen LogP contribution in [0.5, 0.6) is 5.75 Å². The summed E-state index contributed by atoms with van der Waals surface area (Å²) in [5.74, 6) is 0.769. The lowest BCUT2D eigenvalue weighted by atomic mass is 9.86. The van der Waals surface area contributed by atoms with Gasteiger partial charge in [-0.3, -0.25) is 4.79 Å². The maximum Gasteiger partial charge on any atom is 0.328 e. The summed E-state index contributed by atoms with van der Waals surface area (Å²) in [5.41, 5.74) is 3.97. The SMILES string of the molecule is CCCCCCCOc1ccc(-c2nnc(-c3ccc(C[C@H](NC(=O)c4ccc(C(C)(C)C)cc4)C(=O)OC)cc3)o2)cc1. The minimum absolute atomic E-state index is 0.0216. The molecule has 8 nitrogen and oxygen atoms in total. The molecule has 3 aromatic carbocycles. The zero-order chi connectivity index (χ0) is 31.5. The molecule has 0 bridgehead atoms. The van der Waals surface area contributed by atoms with Gasteiger partial charge in [0.2, 0.25) is 11.8 Å². The molecule has 0 aliphatic rings. The van der Waals surface area contributed by atoms with Crippen LogP contribution in [0.1, 0.15) is 81.3 Å². The van der Waals surface area contributed by atoms with Crippen molar-refractivity contribution in [3.63, 3.8) is 0 Å². The second-order valence-electron chi connectivity index (χ2n) is 12.0. The molecule has 1 atom stereocenters. The second-order valence-corrected chi connectivity index (χ2v) is 12.0. The molecule has 0 saturated carbocycles. The molecule has 0 radical (unpaired) electrons. The first-order valence-electron chi connectivity index (χ1n) is 15.3. The number of aromatic nitrogens is 2. The van der Waals surface area contributed by atoms with E-state index in [1.165, 1.54) is 32.8 Å². The highest BCUT2D eigenvalue weighted by Crippen LogP contribution is 2.26. The minimum atomic E-state index is -0.844. The molecule has 232 valence electrons. The van der Waals surface area contributed by atoms with Crippen molar-refractivity contribution in [3.05, 3.63) is 89.5 Å². The van der Waals surface area contributed by atoms with E-state index in [2.05, 4.69) is 43.2 Å². The van der Waals surface area contributed by atoms with E-state index in [1.807, 2.05) is 60.7 Å². The number of ether oxygens (including phenoxy) is 2. The summed E-state index contributed by atoms with van der Waals surface area (Å²) in [6.07, 6.45) is 6.26. The molecule has 0 aliphatic carbocycles. The number of hydrogen-bond acceptors (Lipinski definition) is 7. The van der Waals surface area contributed by atoms with Crippen LogP contribution in [0.3, 0.4) is 0 Å². The van der Waals surface area contributed by atoms with E-state index < -0.39 is 12.0 Å². The van der Waals surface area contributed by atoms with Crippen molar-refractivity contribution < 1.29 is 23.5 Å². The molecule has 4 aromatic rings. The summed E-state index contributed by atoms with van der Waals surface area (Å²) in [5, 5.41) is 11.3. The van der Waals surface area contributed by atoms with E-state index in [1.54, 1.807) is 12.1 Å². The maximum absolute atomic E-state index is 12.9. The summed E-state index contributed by atoms with van der Waals surface area (Å²) in [6.45, 7) is 9.27. The zero-order valence-electron chi connectivity index (χ0n) is 26.4. The summed E-state index contributed by atoms with van der Waals surface area (Å²) >= 11 is 0. The molecule has 0 saturated heterocycles. The predicted octanol–water partition coefficient (Wildman–Crippen LogP) is 7.56. The molecule has 1 aromatic heterocycles. The van der Waals surface area contributed by atoms with Crippen LogP contribution in [0.4, 0.5) is 0 Å². The standard InChI is InChI=1S/C36H43N3O5/c1-6-7-8-9-10-23-43-30-21-17-28(18-22-30)34-39-38-33(44-34)27-13-11-25(12-14-27)24-31(35(41)42-5)37-32(40)26-15-19-29(20-16-26)36(2,3)4/h11-22,31H,6-10,23-24H2,1-5H3,(H,37,40)/t31-/m0/s1. The first-order chi connectivity index (χ1) is 21.2. The molecule has 1 N–H and O–H groups in total. The van der Waals surface area contributed by atoms with Crippen LogP contribution in [0.15, 0.2) is 77.2 Å². The molecule has 0 unspecified atom stereocenters. The predicted molar refractivity (Wildman–Crippen MR) is 172 cm³/mol. The molecule has 0 fully saturated rings. The van der Waals surface area contributed by atoms with E-state index in [4.69, 9.17) is 13.9 Å². The largest absolute Gasteiger partial charge is 0.494 e. The summed E-state index contributed by atoms with van der Waals surface area (Å²) in [4.78, 5) is 25.5. The van der Waals surface area contributed by atoms with Gasteiger partial charge in [-0.2, -0.15) is 0 Å². The average molecular weight is 598 g/mol. The van der Waals surface area contributed by atoms with Crippen molar-refractivity contribution in [2.75, 3.05) is 13.7 Å². The Morgan fingerprint density at radius 1 is 0.818 bits per heavy atom. The van der Waals surface area contributed by atoms with Crippen LogP contribution < -0.4 is 10.1 Å². The Balaban J connectivity index is 1.35. The van der Waals surface area contributed by atoms with Crippen molar-refractivity contribution in [2.24, 2.45) is 0 Å². The third kappa shape index (κ3) is 9.02. The highest BCUT2D eigenvalue weighted by molar-refractivity contribution is 5.96. The first kappa shape index (κ1) is 32.5. The van der Waals surface area contributed by atoms with Crippen molar-refractivity contribution in [3.8, 4) is 28.7 Å². The zero-order valence-corrected chi connectivity index (χ0v) is 26.4. The van der Waals surface area contributed by atoms with Gasteiger partial charge in [0.25, 0.3) is 5.91 Å². The highest BCUT2D eigenvalue weighted by Gasteiger charge is 2.23. The number of carbonyl (C=O) groups excluding carboxylic acids is 2. The maximum atomic E-state index is 12.9. The third-order valence-corrected chi connectivity index (χ3v) is 7.49. The topological polar surface area (TPSA) is 104 Å². The molecule has 44 heavy (non-hydrogen) atoms. The van der Waals surface area contributed by atoms with Crippen molar-refractivity contribution >= 4 is 11.9 Å². The Hall–Kier alpha value is -4.46. The minimum Gasteiger partial charge on any atom is -0.494 e. The Morgan fingerprint density at radius 2 is 1.41 bits per heavy atom. The molecule has 8 heteroatoms. The fourth-order valence-electron chi connectivity index (χ4n) is 4.76. The second kappa shape index (κ2) is 15.3. The van der Waals surface area contributed by atoms with Gasteiger partial charge >= 0.3 is 5.97 Å². The number of benzene rings is 3. The van der Waals surface area contributed by atoms with Crippen LogP contribution in [-0.4, -0.2) is 41.8 Å². The Bertz CT molecular complexity index is 1490. The molecule has 1 heterocycles. The molecule has 4 rings (SSSR count). The number of esters is 1. The monoisotopic (exact) mass is 597 g/mol. The molecular weight excluding hydrogens is 554 g/mol. The smallest absolute Gasteiger partial charge is 0.328 e. The first-order valence-corrected chi connectivity index (χ1v) is 15.3. The quantitative estimate of drug-likeness (QED) is 0.118. The summed E-state index contributed by atoms with van der Waals surface area (Å²) in [7, 11) is 1.31. The highest BCUT2D eigenvalue weighted by atomic mass is 16.5. The summed E-state index contributed by atoms with van der Waals surface area (Å²) < 4.78 is 16.8. The van der Waals surface area contributed by atoms with E-state index in [-0.39, 0.29) is 17.7 Å². The Kier molecular flexibility index (Phi) is 11.3. The van der Waals surface area contributed by atoms with Gasteiger partial charge in [-0.25, -0.2) is 4.79 Å². The van der Waals surface area contributed by atoms with Gasteiger partial charge in [-0.15, -0.1) is 10.2 Å². The Morgan fingerprint density at radius 3 is 1.98 bits per heavy atom. The van der Waals surface area contributed by atoms with Crippen molar-refractivity contribution in [1.29, 1.82) is 0 Å². The average Bonchev–Trinajstić information content (AvgIpc) is 3.53. The van der Waals surface area contributed by atoms with Gasteiger partial charge in [0.05, 0.1) is 13.7 Å². The van der Waals surface area contributed by atoms with Gasteiger partial charge < -0.3 is 19.2 Å². The number of carbonyl (C=O) groups is 2. The van der Waals surface area contributed by atoms with Gasteiger partial charge in [0.15, 0.2) is 0 Å². The fourth-order valence-corrected chi connectivity index (χ4v) is 4.76. The van der Waals surface area contributed by atoms with Gasteiger partial charge in [-0.05, 0) is 71.5 Å². The number of nitrogens with one attached hydrogen (secondary N) is 1. The fraction of sp³-hybridized carbons (Fsp3) is 0.389. The molecule has 0 aliphatic heterocycles. The lowest BCUT2D eigenvalue weighted by Crippen LogP contribution is -2.43. The number of nitrogens with zero attached hydrogens (tertiary/aromatic N) is 2. The lowest BCUT2D eigenvalue weighted by Gasteiger charge is -2.20. The van der Waals surface area contributed by atoms with Crippen molar-refractivity contribution in [2.45, 2.75) is 77.7 Å². The van der Waals surface area contributed by atoms with Gasteiger partial charge in [0, 0.05) is 23.1 Å². The summed E-state index contributed by atoms with van der Waals surface area (Å²) in [6, 6.07) is 21.7. The molecular formula is C36H43N3O5. The number of hydrogen-bond donors (Lipinski definition) is 1. The third-order valence-electron chi connectivity index (χ3n) is 7.49. The number of unbranched alkanes of at least 4 members (excludes halogenated alkanes) is 4. The number of amides is 1. The van der Waals surface area contributed by atoms with Crippen LogP contribution in [0, 0.1) is 0 Å². The number of rotatable bonds is 14. The van der Waals surface area contributed by atoms with E-state index in [0.29, 0.717) is 24.0 Å². The van der Waals surface area contributed by atoms with Crippen LogP contribution >= 0.6 is 0 Å². The van der Waals surface area contributed by atoms with Crippen LogP contribution in [0.25, 0.3) is 22.9 Å². The Labute approximate surface area is 260 Å².